The third-order valence-electron chi connectivity index (χ3n) is 2.51. The molecule has 0 aromatic heterocycles. The Kier molecular flexibility index (Phi) is 1.68. The van der Waals surface area contributed by atoms with E-state index in [1.165, 1.54) is 0 Å². The topological polar surface area (TPSA) is 63.3 Å². The first-order valence-electron chi connectivity index (χ1n) is 3.61. The molecule has 0 aromatic rings. The summed E-state index contributed by atoms with van der Waals surface area (Å²) in [5, 5.41) is 8.73. The predicted molar refractivity (Wildman–Crippen MR) is 37.5 cm³/mol. The minimum atomic E-state index is -0.721. The van der Waals surface area contributed by atoms with Crippen LogP contribution in [-0.4, -0.2) is 17.6 Å². The molecule has 1 rings (SSSR count). The zero-order chi connectivity index (χ0) is 7.78. The van der Waals surface area contributed by atoms with Gasteiger partial charge in [-0.2, -0.15) is 0 Å². The monoisotopic (exact) mass is 143 g/mol. The second-order valence-electron chi connectivity index (χ2n) is 2.97. The zero-order valence-electron chi connectivity index (χ0n) is 6.13. The van der Waals surface area contributed by atoms with Crippen molar-refractivity contribution in [3.05, 3.63) is 0 Å². The van der Waals surface area contributed by atoms with Crippen LogP contribution in [0.15, 0.2) is 0 Å². The highest BCUT2D eigenvalue weighted by Gasteiger charge is 2.58. The molecule has 0 spiro atoms. The van der Waals surface area contributed by atoms with Crippen molar-refractivity contribution in [3.63, 3.8) is 0 Å². The molecule has 0 heterocycles. The standard InChI is InChI=1S/C7H13NO2/c1-2-5-3-7(5,4-8)6(9)10/h5H,2-4,8H2,1H3,(H,9,10). The molecule has 0 aliphatic heterocycles. The van der Waals surface area contributed by atoms with Crippen molar-refractivity contribution in [3.8, 4) is 0 Å². The van der Waals surface area contributed by atoms with Gasteiger partial charge in [-0.3, -0.25) is 4.79 Å². The summed E-state index contributed by atoms with van der Waals surface area (Å²) >= 11 is 0. The Morgan fingerprint density at radius 3 is 2.60 bits per heavy atom. The van der Waals surface area contributed by atoms with Crippen molar-refractivity contribution in [2.75, 3.05) is 6.54 Å². The summed E-state index contributed by atoms with van der Waals surface area (Å²) in [7, 11) is 0. The van der Waals surface area contributed by atoms with Crippen LogP contribution in [0.4, 0.5) is 0 Å². The smallest absolute Gasteiger partial charge is 0.311 e. The van der Waals surface area contributed by atoms with Crippen molar-refractivity contribution in [2.24, 2.45) is 17.1 Å². The lowest BCUT2D eigenvalue weighted by molar-refractivity contribution is -0.143. The van der Waals surface area contributed by atoms with Crippen LogP contribution in [0, 0.1) is 11.3 Å². The highest BCUT2D eigenvalue weighted by atomic mass is 16.4. The Labute approximate surface area is 60.2 Å². The molecule has 10 heavy (non-hydrogen) atoms. The van der Waals surface area contributed by atoms with Gasteiger partial charge in [-0.25, -0.2) is 0 Å². The fourth-order valence-electron chi connectivity index (χ4n) is 1.52. The van der Waals surface area contributed by atoms with Crippen molar-refractivity contribution in [2.45, 2.75) is 19.8 Å². The molecule has 3 N–H and O–H groups in total. The second kappa shape index (κ2) is 2.23. The number of rotatable bonds is 3. The minimum Gasteiger partial charge on any atom is -0.481 e. The van der Waals surface area contributed by atoms with E-state index in [-0.39, 0.29) is 0 Å². The van der Waals surface area contributed by atoms with Gasteiger partial charge in [0.2, 0.25) is 0 Å². The number of hydrogen-bond donors (Lipinski definition) is 2. The molecule has 58 valence electrons. The number of carboxylic acids is 1. The molecule has 0 radical (unpaired) electrons. The Bertz CT molecular complexity index is 158. The minimum absolute atomic E-state index is 0.292. The average molecular weight is 143 g/mol. The number of nitrogens with two attached hydrogens (primary N) is 1. The van der Waals surface area contributed by atoms with Crippen LogP contribution in [0.2, 0.25) is 0 Å². The maximum Gasteiger partial charge on any atom is 0.311 e. The SMILES string of the molecule is CCC1CC1(CN)C(=O)O. The van der Waals surface area contributed by atoms with E-state index >= 15 is 0 Å². The van der Waals surface area contributed by atoms with Gasteiger partial charge in [0.05, 0.1) is 5.41 Å². The Balaban J connectivity index is 2.59. The van der Waals surface area contributed by atoms with Crippen molar-refractivity contribution < 1.29 is 9.90 Å². The van der Waals surface area contributed by atoms with Crippen LogP contribution in [0.5, 0.6) is 0 Å². The van der Waals surface area contributed by atoms with Crippen LogP contribution in [-0.2, 0) is 4.79 Å². The molecule has 2 atom stereocenters. The van der Waals surface area contributed by atoms with Gasteiger partial charge < -0.3 is 10.8 Å². The van der Waals surface area contributed by atoms with E-state index in [9.17, 15) is 4.79 Å². The van der Waals surface area contributed by atoms with Gasteiger partial charge in [0.1, 0.15) is 0 Å². The van der Waals surface area contributed by atoms with Crippen LogP contribution in [0.3, 0.4) is 0 Å². The second-order valence-corrected chi connectivity index (χ2v) is 2.97. The molecule has 1 saturated carbocycles. The van der Waals surface area contributed by atoms with Gasteiger partial charge in [0, 0.05) is 6.54 Å². The summed E-state index contributed by atoms with van der Waals surface area (Å²) in [6.45, 7) is 2.30. The summed E-state index contributed by atoms with van der Waals surface area (Å²) in [6.07, 6.45) is 1.71. The van der Waals surface area contributed by atoms with Gasteiger partial charge in [-0.1, -0.05) is 13.3 Å². The number of carboxylic acid groups (broad SMARTS) is 1. The summed E-state index contributed by atoms with van der Waals surface area (Å²) in [5.74, 6) is -0.392. The van der Waals surface area contributed by atoms with Gasteiger partial charge >= 0.3 is 5.97 Å². The first kappa shape index (κ1) is 7.54. The van der Waals surface area contributed by atoms with Crippen LogP contribution in [0.1, 0.15) is 19.8 Å². The van der Waals surface area contributed by atoms with E-state index in [2.05, 4.69) is 0 Å². The summed E-state index contributed by atoms with van der Waals surface area (Å²) < 4.78 is 0. The highest BCUT2D eigenvalue weighted by molar-refractivity contribution is 5.78. The molecule has 1 aliphatic rings. The number of hydrogen-bond acceptors (Lipinski definition) is 2. The molecule has 0 saturated heterocycles. The first-order valence-corrected chi connectivity index (χ1v) is 3.61. The molecular weight excluding hydrogens is 130 g/mol. The van der Waals surface area contributed by atoms with E-state index in [4.69, 9.17) is 10.8 Å². The Hall–Kier alpha value is -0.570. The van der Waals surface area contributed by atoms with Gasteiger partial charge in [-0.15, -0.1) is 0 Å². The fourth-order valence-corrected chi connectivity index (χ4v) is 1.52. The molecule has 1 fully saturated rings. The Morgan fingerprint density at radius 2 is 2.50 bits per heavy atom. The average Bonchev–Trinajstić information content (AvgIpc) is 2.62. The van der Waals surface area contributed by atoms with E-state index in [0.29, 0.717) is 12.5 Å². The molecule has 0 amide bonds. The largest absolute Gasteiger partial charge is 0.481 e. The van der Waals surface area contributed by atoms with Gasteiger partial charge in [0.15, 0.2) is 0 Å². The summed E-state index contributed by atoms with van der Waals surface area (Å²) in [5.41, 5.74) is 4.81. The lowest BCUT2D eigenvalue weighted by Gasteiger charge is -2.06. The van der Waals surface area contributed by atoms with E-state index < -0.39 is 11.4 Å². The van der Waals surface area contributed by atoms with E-state index in [1.54, 1.807) is 0 Å². The van der Waals surface area contributed by atoms with Crippen molar-refractivity contribution >= 4 is 5.97 Å². The molecule has 3 heteroatoms. The summed E-state index contributed by atoms with van der Waals surface area (Å²) in [4.78, 5) is 10.6. The van der Waals surface area contributed by atoms with Gasteiger partial charge in [-0.05, 0) is 12.3 Å². The molecule has 1 aliphatic carbocycles. The third kappa shape index (κ3) is 0.814. The quantitative estimate of drug-likeness (QED) is 0.602. The Morgan fingerprint density at radius 1 is 1.90 bits per heavy atom. The van der Waals surface area contributed by atoms with Crippen LogP contribution >= 0.6 is 0 Å². The van der Waals surface area contributed by atoms with Gasteiger partial charge in [0.25, 0.3) is 0 Å². The highest BCUT2D eigenvalue weighted by Crippen LogP contribution is 2.53. The molecule has 3 nitrogen and oxygen atoms in total. The maximum atomic E-state index is 10.6. The number of aliphatic carboxylic acids is 1. The molecule has 2 unspecified atom stereocenters. The number of carbonyl (C=O) groups is 1. The van der Waals surface area contributed by atoms with Crippen molar-refractivity contribution in [1.29, 1.82) is 0 Å². The molecule has 0 aromatic carbocycles. The zero-order valence-corrected chi connectivity index (χ0v) is 6.13. The summed E-state index contributed by atoms with van der Waals surface area (Å²) in [6, 6.07) is 0. The van der Waals surface area contributed by atoms with E-state index in [1.807, 2.05) is 6.92 Å². The molecule has 0 bridgehead atoms. The third-order valence-corrected chi connectivity index (χ3v) is 2.51. The lowest BCUT2D eigenvalue weighted by atomic mass is 10.0. The predicted octanol–water partition coefficient (Wildman–Crippen LogP) is 0.446. The van der Waals surface area contributed by atoms with Crippen molar-refractivity contribution in [1.82, 2.24) is 0 Å². The normalized spacial score (nSPS) is 37.6. The van der Waals surface area contributed by atoms with Crippen LogP contribution in [0.25, 0.3) is 0 Å². The molecular formula is C7H13NO2. The first-order chi connectivity index (χ1) is 4.67. The fraction of sp³-hybridized carbons (Fsp3) is 0.857. The van der Waals surface area contributed by atoms with E-state index in [0.717, 1.165) is 12.8 Å². The maximum absolute atomic E-state index is 10.6. The lowest BCUT2D eigenvalue weighted by Crippen LogP contribution is -2.26. The van der Waals surface area contributed by atoms with Crippen LogP contribution < -0.4 is 5.73 Å².